The molecule has 89 heavy (non-hydrogen) atoms. The van der Waals surface area contributed by atoms with Crippen LogP contribution in [0.3, 0.4) is 0 Å². The number of aryl methyl sites for hydroxylation is 1. The van der Waals surface area contributed by atoms with Crippen LogP contribution in [0.5, 0.6) is 0 Å². The molecule has 3 aromatic rings. The Labute approximate surface area is 533 Å². The highest BCUT2D eigenvalue weighted by molar-refractivity contribution is 5.85. The van der Waals surface area contributed by atoms with Gasteiger partial charge in [-0.25, -0.2) is 0 Å². The molecule has 0 bridgehead atoms. The van der Waals surface area contributed by atoms with E-state index in [-0.39, 0.29) is 6.10 Å². The minimum Gasteiger partial charge on any atom is -0.393 e. The van der Waals surface area contributed by atoms with Crippen LogP contribution in [0.25, 0.3) is 0 Å². The summed E-state index contributed by atoms with van der Waals surface area (Å²) in [6.45, 7) is 23.2. The second kappa shape index (κ2) is 24.4. The van der Waals surface area contributed by atoms with Crippen LogP contribution in [0, 0.1) is 11.8 Å². The number of aromatic nitrogens is 3. The lowest BCUT2D eigenvalue weighted by atomic mass is 9.75. The molecule has 15 aliphatic rings. The van der Waals surface area contributed by atoms with E-state index in [1.165, 1.54) is 195 Å². The van der Waals surface area contributed by atoms with Crippen molar-refractivity contribution in [2.24, 2.45) is 11.8 Å². The van der Waals surface area contributed by atoms with E-state index in [0.29, 0.717) is 59.6 Å². The van der Waals surface area contributed by atoms with Crippen molar-refractivity contribution in [3.05, 3.63) is 50.9 Å². The van der Waals surface area contributed by atoms with Gasteiger partial charge in [0, 0.05) is 194 Å². The molecule has 0 amide bonds. The Hall–Kier alpha value is -3.99. The van der Waals surface area contributed by atoms with E-state index in [2.05, 4.69) is 44.1 Å². The third-order valence-corrected chi connectivity index (χ3v) is 26.7. The van der Waals surface area contributed by atoms with Crippen molar-refractivity contribution in [1.82, 2.24) is 29.7 Å². The smallest absolute Gasteiger partial charge is 0.0832 e. The lowest BCUT2D eigenvalue weighted by Gasteiger charge is -2.41. The Morgan fingerprint density at radius 3 is 1.38 bits per heavy atom. The first-order valence-electron chi connectivity index (χ1n) is 37.8. The quantitative estimate of drug-likeness (QED) is 0.186. The van der Waals surface area contributed by atoms with Gasteiger partial charge in [-0.15, -0.1) is 0 Å². The van der Waals surface area contributed by atoms with Crippen molar-refractivity contribution in [1.29, 1.82) is 0 Å². The molecule has 15 nitrogen and oxygen atoms in total. The van der Waals surface area contributed by atoms with Gasteiger partial charge in [0.25, 0.3) is 0 Å². The minimum absolute atomic E-state index is 0.158. The van der Waals surface area contributed by atoms with Gasteiger partial charge in [-0.2, -0.15) is 0 Å². The summed E-state index contributed by atoms with van der Waals surface area (Å²) >= 11 is 0. The molecule has 12 heterocycles. The highest BCUT2D eigenvalue weighted by Crippen LogP contribution is 2.61. The normalized spacial score (nSPS) is 32.9. The highest BCUT2D eigenvalue weighted by atomic mass is 16.5. The molecule has 3 saturated carbocycles. The van der Waals surface area contributed by atoms with Crippen molar-refractivity contribution in [3.63, 3.8) is 0 Å². The number of fused-ring (bicyclic) bond motifs is 15. The van der Waals surface area contributed by atoms with Crippen molar-refractivity contribution >= 4 is 34.1 Å². The highest BCUT2D eigenvalue weighted by Gasteiger charge is 2.53. The molecule has 18 rings (SSSR count). The predicted octanol–water partition coefficient (Wildman–Crippen LogP) is 10.1. The number of aliphatic hydroxyl groups excluding tert-OH is 1. The van der Waals surface area contributed by atoms with Gasteiger partial charge in [-0.05, 0) is 145 Å². The first-order valence-corrected chi connectivity index (χ1v) is 37.8. The van der Waals surface area contributed by atoms with Gasteiger partial charge in [0.1, 0.15) is 0 Å². The van der Waals surface area contributed by atoms with Gasteiger partial charge in [0.15, 0.2) is 0 Å². The Balaban J connectivity index is 0.745. The average molecular weight is 1210 g/mol. The molecule has 9 aliphatic heterocycles. The number of morpholine rings is 2. The fourth-order valence-corrected chi connectivity index (χ4v) is 22.4. The summed E-state index contributed by atoms with van der Waals surface area (Å²) < 4.78 is 11.8. The summed E-state index contributed by atoms with van der Waals surface area (Å²) in [7, 11) is 0. The van der Waals surface area contributed by atoms with E-state index in [0.717, 1.165) is 150 Å². The van der Waals surface area contributed by atoms with Crippen LogP contribution in [0.1, 0.15) is 222 Å². The molecule has 15 heteroatoms. The summed E-state index contributed by atoms with van der Waals surface area (Å²) in [5.74, 6) is 3.47. The van der Waals surface area contributed by atoms with Crippen LogP contribution in [0.2, 0.25) is 0 Å². The largest absolute Gasteiger partial charge is 0.393 e. The summed E-state index contributed by atoms with van der Waals surface area (Å²) in [6, 6.07) is 1.73. The maximum atomic E-state index is 10.8. The summed E-state index contributed by atoms with van der Waals surface area (Å²) in [4.78, 5) is 44.8. The number of likely N-dealkylation sites (tertiary alicyclic amines) is 1. The third-order valence-electron chi connectivity index (χ3n) is 26.7. The maximum Gasteiger partial charge on any atom is 0.0832 e. The van der Waals surface area contributed by atoms with Gasteiger partial charge < -0.3 is 48.9 Å². The van der Waals surface area contributed by atoms with Crippen LogP contribution in [0.4, 0.5) is 34.1 Å². The molecule has 0 spiro atoms. The lowest BCUT2D eigenvalue weighted by molar-refractivity contribution is 0.0376. The number of aliphatic hydroxyl groups is 1. The number of nitrogens with zero attached hydrogens (tertiary/aromatic N) is 12. The molecular formula is C74H108N12O3. The van der Waals surface area contributed by atoms with Crippen molar-refractivity contribution in [2.75, 3.05) is 174 Å². The fraction of sp³-hybridized carbons (Fsp3) is 0.797. The van der Waals surface area contributed by atoms with Gasteiger partial charge in [-0.3, -0.25) is 24.8 Å². The zero-order valence-corrected chi connectivity index (χ0v) is 54.4. The summed E-state index contributed by atoms with van der Waals surface area (Å²) in [6.07, 6.45) is 32.3. The monoisotopic (exact) mass is 1210 g/mol. The first kappa shape index (κ1) is 57.7. The molecule has 3 saturated heterocycles. The predicted molar refractivity (Wildman–Crippen MR) is 357 cm³/mol. The zero-order chi connectivity index (χ0) is 58.7. The molecule has 10 atom stereocenters. The molecule has 0 aromatic carbocycles. The standard InChI is InChI=1S/C74H108N12O3/c87-51-25-31-79(32-26-51)33-35-83-46-50(52-17-9-19-58-64(52)76-67-55-14-2-6-22-61(55)84-30-12-29-81(70(58)72(67)84)28-11-27-78-37-41-88-42-38-78)48-86-63-24-8-4-16-57(63)68-74(86)71(83)59-20-10-18-53(65(59)77-68)49-45-82(36-34-80-39-43-89-44-40-80)69-54-13-1-5-21-60(54)75-66-56-15-3-7-23-62(56)85(47-49)73(66)69/h49-53,55-57,61-63,87H,1-48H2. The zero-order valence-electron chi connectivity index (χ0n) is 54.4. The molecule has 6 aliphatic carbocycles. The van der Waals surface area contributed by atoms with Gasteiger partial charge >= 0.3 is 0 Å². The SMILES string of the molecule is OC1CCN(CCN2CC(C3CCCc4c3nc3c5c4N(CCCN4CCOCC4)CCCN5C4CCCCC34)CN3c4c(nc5c(c42)CCCC5C2CN(CCN4CCOCC4)c4c5c(nc6c4N(C2)C2CCCCC62)CCCC5)C2CCCCC23)CC1. The second-order valence-electron chi connectivity index (χ2n) is 31.4. The maximum absolute atomic E-state index is 10.8. The molecule has 1 N–H and O–H groups in total. The van der Waals surface area contributed by atoms with E-state index >= 15 is 0 Å². The molecular weight excluding hydrogens is 1100 g/mol. The first-order chi connectivity index (χ1) is 44.1. The molecule has 0 radical (unpaired) electrons. The Morgan fingerprint density at radius 2 is 0.798 bits per heavy atom. The van der Waals surface area contributed by atoms with Gasteiger partial charge in [0.2, 0.25) is 0 Å². The van der Waals surface area contributed by atoms with Crippen molar-refractivity contribution in [3.8, 4) is 0 Å². The van der Waals surface area contributed by atoms with Crippen LogP contribution >= 0.6 is 0 Å². The minimum atomic E-state index is -0.158. The Kier molecular flexibility index (Phi) is 15.8. The number of rotatable bonds is 12. The van der Waals surface area contributed by atoms with Crippen LogP contribution in [0.15, 0.2) is 0 Å². The average Bonchev–Trinajstić information content (AvgIpc) is 2.17. The van der Waals surface area contributed by atoms with E-state index in [1.54, 1.807) is 50.8 Å². The lowest BCUT2D eigenvalue weighted by Crippen LogP contribution is -2.45. The van der Waals surface area contributed by atoms with E-state index in [1.807, 2.05) is 0 Å². The van der Waals surface area contributed by atoms with Gasteiger partial charge in [0.05, 0.1) is 83.7 Å². The summed E-state index contributed by atoms with van der Waals surface area (Å²) in [5, 5.41) is 10.8. The topological polar surface area (TPSA) is 107 Å². The third kappa shape index (κ3) is 10.1. The van der Waals surface area contributed by atoms with Crippen molar-refractivity contribution in [2.45, 2.75) is 221 Å². The number of hydrogen-bond donors (Lipinski definition) is 1. The Bertz CT molecular complexity index is 3080. The number of ether oxygens (including phenoxy) is 2. The van der Waals surface area contributed by atoms with Crippen LogP contribution in [-0.2, 0) is 35.2 Å². The Morgan fingerprint density at radius 1 is 0.337 bits per heavy atom. The number of pyridine rings is 3. The van der Waals surface area contributed by atoms with Crippen LogP contribution in [-0.4, -0.2) is 203 Å². The number of hydrogen-bond acceptors (Lipinski definition) is 15. The molecule has 10 unspecified atom stereocenters. The molecule has 3 aromatic heterocycles. The number of anilines is 6. The second-order valence-corrected chi connectivity index (χ2v) is 31.4. The van der Waals surface area contributed by atoms with Crippen LogP contribution < -0.4 is 29.4 Å². The van der Waals surface area contributed by atoms with Crippen molar-refractivity contribution < 1.29 is 14.6 Å². The number of piperidine rings is 1. The van der Waals surface area contributed by atoms with Gasteiger partial charge in [-0.1, -0.05) is 38.5 Å². The molecule has 6 fully saturated rings. The fourth-order valence-electron chi connectivity index (χ4n) is 22.4. The molecule has 482 valence electrons. The van der Waals surface area contributed by atoms with E-state index < -0.39 is 0 Å². The van der Waals surface area contributed by atoms with E-state index in [9.17, 15) is 5.11 Å². The van der Waals surface area contributed by atoms with E-state index in [4.69, 9.17) is 24.4 Å². The summed E-state index contributed by atoms with van der Waals surface area (Å²) in [5.41, 5.74) is 23.6.